The van der Waals surface area contributed by atoms with Gasteiger partial charge in [0.2, 0.25) is 0 Å². The summed E-state index contributed by atoms with van der Waals surface area (Å²) in [7, 11) is 0. The van der Waals surface area contributed by atoms with Crippen molar-refractivity contribution >= 4 is 16.9 Å². The smallest absolute Gasteiger partial charge is 0.323 e. The summed E-state index contributed by atoms with van der Waals surface area (Å²) < 4.78 is 1.83. The highest BCUT2D eigenvalue weighted by atomic mass is 16.4. The predicted octanol–water partition coefficient (Wildman–Crippen LogP) is 2.91. The number of nitrogens with zero attached hydrogens (tertiary/aromatic N) is 1. The Kier molecular flexibility index (Phi) is 2.92. The Bertz CT molecular complexity index is 581. The second-order valence-corrected chi connectivity index (χ2v) is 4.51. The molecule has 0 amide bonds. The number of aliphatic carboxylic acids is 1. The van der Waals surface area contributed by atoms with E-state index in [1.807, 2.05) is 17.7 Å². The average molecular weight is 231 g/mol. The topological polar surface area (TPSA) is 42.2 Å². The van der Waals surface area contributed by atoms with Crippen LogP contribution in [0.4, 0.5) is 0 Å². The zero-order chi connectivity index (χ0) is 12.6. The molecule has 0 fully saturated rings. The van der Waals surface area contributed by atoms with E-state index in [2.05, 4.69) is 26.0 Å². The molecule has 3 nitrogen and oxygen atoms in total. The second kappa shape index (κ2) is 4.24. The molecule has 0 atom stereocenters. The number of hydrogen-bond acceptors (Lipinski definition) is 1. The number of benzene rings is 1. The summed E-state index contributed by atoms with van der Waals surface area (Å²) in [6.45, 7) is 6.24. The Morgan fingerprint density at radius 2 is 2.06 bits per heavy atom. The molecule has 1 aromatic heterocycles. The van der Waals surface area contributed by atoms with Crippen molar-refractivity contribution in [1.82, 2.24) is 4.57 Å². The van der Waals surface area contributed by atoms with E-state index in [0.29, 0.717) is 0 Å². The average Bonchev–Trinajstić information content (AvgIpc) is 2.56. The molecular formula is C14H17NO2. The van der Waals surface area contributed by atoms with Gasteiger partial charge in [0.15, 0.2) is 0 Å². The van der Waals surface area contributed by atoms with Gasteiger partial charge in [-0.1, -0.05) is 13.0 Å². The molecule has 0 radical (unpaired) electrons. The first-order valence-corrected chi connectivity index (χ1v) is 5.83. The number of hydrogen-bond donors (Lipinski definition) is 1. The fourth-order valence-electron chi connectivity index (χ4n) is 2.46. The van der Waals surface area contributed by atoms with Gasteiger partial charge in [0.25, 0.3) is 0 Å². The zero-order valence-electron chi connectivity index (χ0n) is 10.4. The Labute approximate surface area is 101 Å². The van der Waals surface area contributed by atoms with E-state index >= 15 is 0 Å². The molecule has 17 heavy (non-hydrogen) atoms. The van der Waals surface area contributed by atoms with E-state index in [4.69, 9.17) is 5.11 Å². The first kappa shape index (κ1) is 11.7. The van der Waals surface area contributed by atoms with Crippen molar-refractivity contribution < 1.29 is 9.90 Å². The Balaban J connectivity index is 2.73. The van der Waals surface area contributed by atoms with E-state index in [0.717, 1.165) is 11.9 Å². The summed E-state index contributed by atoms with van der Waals surface area (Å²) >= 11 is 0. The normalized spacial score (nSPS) is 11.0. The van der Waals surface area contributed by atoms with Crippen LogP contribution in [0, 0.1) is 13.8 Å². The van der Waals surface area contributed by atoms with Crippen LogP contribution in [-0.2, 0) is 17.8 Å². The number of aromatic nitrogens is 1. The van der Waals surface area contributed by atoms with Crippen LogP contribution in [-0.4, -0.2) is 15.6 Å². The summed E-state index contributed by atoms with van der Waals surface area (Å²) in [5.41, 5.74) is 4.64. The second-order valence-electron chi connectivity index (χ2n) is 4.51. The molecule has 90 valence electrons. The summed E-state index contributed by atoms with van der Waals surface area (Å²) in [4.78, 5) is 10.9. The Hall–Kier alpha value is -1.77. The molecule has 0 aliphatic heterocycles. The van der Waals surface area contributed by atoms with Crippen molar-refractivity contribution in [3.8, 4) is 0 Å². The molecule has 1 aromatic carbocycles. The van der Waals surface area contributed by atoms with Crippen molar-refractivity contribution in [3.05, 3.63) is 35.0 Å². The quantitative estimate of drug-likeness (QED) is 0.882. The molecule has 1 heterocycles. The highest BCUT2D eigenvalue weighted by Gasteiger charge is 2.11. The highest BCUT2D eigenvalue weighted by molar-refractivity contribution is 5.88. The van der Waals surface area contributed by atoms with Crippen LogP contribution in [0.1, 0.15) is 23.6 Å². The van der Waals surface area contributed by atoms with Gasteiger partial charge in [-0.15, -0.1) is 0 Å². The van der Waals surface area contributed by atoms with Crippen LogP contribution in [0.5, 0.6) is 0 Å². The molecule has 1 N–H and O–H groups in total. The van der Waals surface area contributed by atoms with Crippen molar-refractivity contribution in [1.29, 1.82) is 0 Å². The highest BCUT2D eigenvalue weighted by Crippen LogP contribution is 2.26. The standard InChI is InChI=1S/C14H17NO2/c1-4-11-7-15(8-13(16)17)12-6-9(2)5-10(3)14(11)12/h5-7H,4,8H2,1-3H3,(H,16,17). The van der Waals surface area contributed by atoms with E-state index in [9.17, 15) is 4.79 Å². The number of rotatable bonds is 3. The largest absolute Gasteiger partial charge is 0.480 e. The molecule has 0 saturated heterocycles. The maximum absolute atomic E-state index is 10.9. The van der Waals surface area contributed by atoms with Crippen molar-refractivity contribution in [2.45, 2.75) is 33.7 Å². The van der Waals surface area contributed by atoms with Gasteiger partial charge < -0.3 is 9.67 Å². The van der Waals surface area contributed by atoms with Gasteiger partial charge in [0.05, 0.1) is 0 Å². The van der Waals surface area contributed by atoms with E-state index in [-0.39, 0.29) is 6.54 Å². The molecular weight excluding hydrogens is 214 g/mol. The molecule has 0 aliphatic rings. The van der Waals surface area contributed by atoms with Gasteiger partial charge >= 0.3 is 5.97 Å². The summed E-state index contributed by atoms with van der Waals surface area (Å²) in [5.74, 6) is -0.802. The molecule has 0 bridgehead atoms. The number of carbonyl (C=O) groups is 1. The summed E-state index contributed by atoms with van der Waals surface area (Å²) in [5, 5.41) is 10.1. The van der Waals surface area contributed by atoms with Crippen molar-refractivity contribution in [2.75, 3.05) is 0 Å². The third-order valence-corrected chi connectivity index (χ3v) is 3.09. The van der Waals surface area contributed by atoms with Crippen LogP contribution in [0.3, 0.4) is 0 Å². The lowest BCUT2D eigenvalue weighted by atomic mass is 10.0. The van der Waals surface area contributed by atoms with Gasteiger partial charge in [-0.25, -0.2) is 0 Å². The monoisotopic (exact) mass is 231 g/mol. The minimum atomic E-state index is -0.802. The molecule has 0 unspecified atom stereocenters. The fourth-order valence-corrected chi connectivity index (χ4v) is 2.46. The van der Waals surface area contributed by atoms with Crippen LogP contribution in [0.25, 0.3) is 10.9 Å². The van der Waals surface area contributed by atoms with Gasteiger partial charge in [-0.05, 0) is 43.0 Å². The maximum Gasteiger partial charge on any atom is 0.323 e. The van der Waals surface area contributed by atoms with Gasteiger partial charge in [-0.2, -0.15) is 0 Å². The minimum Gasteiger partial charge on any atom is -0.480 e. The first-order chi connectivity index (χ1) is 8.02. The maximum atomic E-state index is 10.9. The molecule has 3 heteroatoms. The summed E-state index contributed by atoms with van der Waals surface area (Å²) in [6, 6.07) is 4.21. The molecule has 0 saturated carbocycles. The predicted molar refractivity (Wildman–Crippen MR) is 68.4 cm³/mol. The lowest BCUT2D eigenvalue weighted by Gasteiger charge is -2.04. The number of aryl methyl sites for hydroxylation is 3. The Morgan fingerprint density at radius 1 is 1.35 bits per heavy atom. The lowest BCUT2D eigenvalue weighted by molar-refractivity contribution is -0.137. The molecule has 0 spiro atoms. The lowest BCUT2D eigenvalue weighted by Crippen LogP contribution is -2.07. The third-order valence-electron chi connectivity index (χ3n) is 3.09. The van der Waals surface area contributed by atoms with E-state index in [1.165, 1.54) is 22.1 Å². The fraction of sp³-hybridized carbons (Fsp3) is 0.357. The first-order valence-electron chi connectivity index (χ1n) is 5.83. The zero-order valence-corrected chi connectivity index (χ0v) is 10.4. The van der Waals surface area contributed by atoms with Crippen LogP contribution >= 0.6 is 0 Å². The number of carboxylic acid groups (broad SMARTS) is 1. The minimum absolute atomic E-state index is 0.0272. The van der Waals surface area contributed by atoms with Gasteiger partial charge in [0.1, 0.15) is 6.54 Å². The summed E-state index contributed by atoms with van der Waals surface area (Å²) in [6.07, 6.45) is 2.89. The SMILES string of the molecule is CCc1cn(CC(=O)O)c2cc(C)cc(C)c12. The van der Waals surface area contributed by atoms with Gasteiger partial charge in [0, 0.05) is 17.1 Å². The number of carboxylic acids is 1. The van der Waals surface area contributed by atoms with Crippen LogP contribution in [0.15, 0.2) is 18.3 Å². The molecule has 2 aromatic rings. The van der Waals surface area contributed by atoms with E-state index in [1.54, 1.807) is 0 Å². The molecule has 2 rings (SSSR count). The Morgan fingerprint density at radius 3 is 2.65 bits per heavy atom. The van der Waals surface area contributed by atoms with Crippen molar-refractivity contribution in [3.63, 3.8) is 0 Å². The van der Waals surface area contributed by atoms with Crippen molar-refractivity contribution in [2.24, 2.45) is 0 Å². The third kappa shape index (κ3) is 2.05. The van der Waals surface area contributed by atoms with Crippen LogP contribution in [0.2, 0.25) is 0 Å². The van der Waals surface area contributed by atoms with E-state index < -0.39 is 5.97 Å². The molecule has 0 aliphatic carbocycles. The number of fused-ring (bicyclic) bond motifs is 1. The van der Waals surface area contributed by atoms with Gasteiger partial charge in [-0.3, -0.25) is 4.79 Å². The van der Waals surface area contributed by atoms with Crippen LogP contribution < -0.4 is 0 Å².